The predicted molar refractivity (Wildman–Crippen MR) is 92.5 cm³/mol. The van der Waals surface area contributed by atoms with Crippen molar-refractivity contribution in [1.82, 2.24) is 9.47 Å². The minimum absolute atomic E-state index is 0.0626. The number of ketones is 2. The summed E-state index contributed by atoms with van der Waals surface area (Å²) >= 11 is 5.95. The molecule has 1 fully saturated rings. The monoisotopic (exact) mass is 430 g/mol. The topological polar surface area (TPSA) is 132 Å². The molecule has 0 atom stereocenters. The van der Waals surface area contributed by atoms with E-state index in [1.54, 1.807) is 48.1 Å². The van der Waals surface area contributed by atoms with Gasteiger partial charge in [-0.15, -0.1) is 0 Å². The lowest BCUT2D eigenvalue weighted by Gasteiger charge is -2.12. The van der Waals surface area contributed by atoms with Gasteiger partial charge in [0.2, 0.25) is 5.78 Å². The highest BCUT2D eigenvalue weighted by Gasteiger charge is 2.20. The molecule has 152 valence electrons. The van der Waals surface area contributed by atoms with E-state index in [0.717, 1.165) is 25.9 Å². The molecule has 0 aliphatic carbocycles. The summed E-state index contributed by atoms with van der Waals surface area (Å²) in [4.78, 5) is 27.2. The first-order valence-electron chi connectivity index (χ1n) is 8.40. The summed E-state index contributed by atoms with van der Waals surface area (Å²) in [5.74, 6) is -0.0668. The van der Waals surface area contributed by atoms with Crippen molar-refractivity contribution in [2.45, 2.75) is 12.8 Å². The average Bonchev–Trinajstić information content (AvgIpc) is 3.22. The van der Waals surface area contributed by atoms with Crippen LogP contribution in [0.25, 0.3) is 0 Å². The standard InChI is InChI=1S/C18H19ClN2O2.ClHO4/c1-20-11-14(17(22)12-21-7-2-3-8-21)10-16(20)18(23)13-5-4-6-15(19)9-13;2-1(3,4)5/h4-6,9-11H,2-3,7-8,12H2,1H3;(H,2,3,4,5). The Bertz CT molecular complexity index is 835. The molecule has 1 saturated heterocycles. The number of likely N-dealkylation sites (tertiary alicyclic amines) is 1. The first kappa shape index (κ1) is 22.5. The SMILES string of the molecule is Cn1cc(C(=O)CN2CCCC2)cc1C(=O)c1cccc(Cl)c1.[O-][Cl+3]([O-])([O-])O. The van der Waals surface area contributed by atoms with Crippen LogP contribution in [0.2, 0.25) is 5.02 Å². The van der Waals surface area contributed by atoms with Crippen LogP contribution < -0.4 is 14.0 Å². The molecule has 8 nitrogen and oxygen atoms in total. The Morgan fingerprint density at radius 2 is 1.75 bits per heavy atom. The third-order valence-corrected chi connectivity index (χ3v) is 4.45. The van der Waals surface area contributed by atoms with Gasteiger partial charge in [-0.05, 0) is 44.1 Å². The van der Waals surface area contributed by atoms with E-state index in [-0.39, 0.29) is 11.6 Å². The van der Waals surface area contributed by atoms with E-state index in [1.165, 1.54) is 0 Å². The van der Waals surface area contributed by atoms with E-state index in [9.17, 15) is 9.59 Å². The maximum Gasteiger partial charge on any atom is 0.209 e. The molecule has 2 heterocycles. The van der Waals surface area contributed by atoms with Crippen LogP contribution in [-0.2, 0) is 7.05 Å². The Kier molecular flexibility index (Phi) is 7.73. The van der Waals surface area contributed by atoms with Gasteiger partial charge >= 0.3 is 0 Å². The molecule has 1 N–H and O–H groups in total. The molecule has 3 rings (SSSR count). The molecule has 0 unspecified atom stereocenters. The van der Waals surface area contributed by atoms with E-state index in [1.807, 2.05) is 0 Å². The fourth-order valence-corrected chi connectivity index (χ4v) is 3.15. The Labute approximate surface area is 169 Å². The van der Waals surface area contributed by atoms with Gasteiger partial charge in [-0.25, -0.2) is 0 Å². The van der Waals surface area contributed by atoms with Gasteiger partial charge in [-0.3, -0.25) is 14.5 Å². The highest BCUT2D eigenvalue weighted by atomic mass is 35.7. The number of aryl methyl sites for hydroxylation is 1. The van der Waals surface area contributed by atoms with Crippen LogP contribution in [0.4, 0.5) is 0 Å². The number of hydrogen-bond donors (Lipinski definition) is 1. The summed E-state index contributed by atoms with van der Waals surface area (Å²) in [6.07, 6.45) is 4.04. The van der Waals surface area contributed by atoms with Crippen molar-refractivity contribution in [2.24, 2.45) is 7.05 Å². The molecule has 0 amide bonds. The molecule has 0 bridgehead atoms. The Balaban J connectivity index is 0.000000500. The molecule has 0 saturated carbocycles. The van der Waals surface area contributed by atoms with E-state index in [4.69, 9.17) is 30.2 Å². The number of halogens is 2. The second-order valence-electron chi connectivity index (χ2n) is 6.37. The minimum atomic E-state index is -4.69. The lowest BCUT2D eigenvalue weighted by molar-refractivity contribution is -1.92. The number of benzene rings is 1. The quantitative estimate of drug-likeness (QED) is 0.605. The maximum absolute atomic E-state index is 12.6. The summed E-state index contributed by atoms with van der Waals surface area (Å²) in [5, 5.41) is 0.524. The highest BCUT2D eigenvalue weighted by Crippen LogP contribution is 2.18. The van der Waals surface area contributed by atoms with Crippen molar-refractivity contribution in [3.63, 3.8) is 0 Å². The van der Waals surface area contributed by atoms with E-state index in [2.05, 4.69) is 4.90 Å². The molecule has 10 heteroatoms. The van der Waals surface area contributed by atoms with Crippen LogP contribution in [0, 0.1) is 10.2 Å². The van der Waals surface area contributed by atoms with Crippen LogP contribution >= 0.6 is 11.6 Å². The Hall–Kier alpha value is -1.78. The molecule has 0 radical (unpaired) electrons. The second kappa shape index (κ2) is 9.62. The van der Waals surface area contributed by atoms with Gasteiger partial charge < -0.3 is 4.57 Å². The van der Waals surface area contributed by atoms with Crippen LogP contribution in [-0.4, -0.2) is 45.3 Å². The normalized spacial score (nSPS) is 14.5. The molecule has 1 aliphatic rings. The van der Waals surface area contributed by atoms with Crippen molar-refractivity contribution in [1.29, 1.82) is 0 Å². The molecule has 2 aromatic rings. The van der Waals surface area contributed by atoms with E-state index < -0.39 is 10.2 Å². The van der Waals surface area contributed by atoms with Gasteiger partial charge in [0.15, 0.2) is 5.78 Å². The minimum Gasteiger partial charge on any atom is -0.347 e. The van der Waals surface area contributed by atoms with Crippen LogP contribution in [0.5, 0.6) is 0 Å². The largest absolute Gasteiger partial charge is 0.347 e. The average molecular weight is 431 g/mol. The summed E-state index contributed by atoms with van der Waals surface area (Å²) in [6.45, 7) is 2.38. The molecule has 1 aromatic carbocycles. The number of Topliss-reactive ketones (excluding diaryl/α,β-unsaturated/α-hetero) is 1. The predicted octanol–water partition coefficient (Wildman–Crippen LogP) is -0.936. The van der Waals surface area contributed by atoms with Gasteiger partial charge in [0.05, 0.1) is 27.1 Å². The zero-order chi connectivity index (χ0) is 20.9. The Morgan fingerprint density at radius 1 is 1.14 bits per heavy atom. The van der Waals surface area contributed by atoms with Crippen molar-refractivity contribution in [3.8, 4) is 0 Å². The molecular formula is C18H20Cl2N2O6. The third kappa shape index (κ3) is 6.99. The summed E-state index contributed by atoms with van der Waals surface area (Å²) in [6, 6.07) is 8.53. The van der Waals surface area contributed by atoms with Gasteiger partial charge in [-0.1, -0.05) is 23.7 Å². The van der Waals surface area contributed by atoms with E-state index in [0.29, 0.717) is 28.4 Å². The number of aromatic nitrogens is 1. The van der Waals surface area contributed by atoms with Crippen molar-refractivity contribution < 1.29 is 38.5 Å². The lowest BCUT2D eigenvalue weighted by atomic mass is 10.1. The summed E-state index contributed by atoms with van der Waals surface area (Å²) in [5.41, 5.74) is 1.61. The summed E-state index contributed by atoms with van der Waals surface area (Å²) < 4.78 is 34.4. The zero-order valence-corrected chi connectivity index (χ0v) is 16.7. The first-order valence-corrected chi connectivity index (χ1v) is 10.0. The fraction of sp³-hybridized carbons (Fsp3) is 0.333. The first-order chi connectivity index (χ1) is 13.0. The number of hydrogen-bond acceptors (Lipinski definition) is 7. The highest BCUT2D eigenvalue weighted by molar-refractivity contribution is 6.31. The van der Waals surface area contributed by atoms with Crippen molar-refractivity contribution >= 4 is 23.2 Å². The summed E-state index contributed by atoms with van der Waals surface area (Å²) in [7, 11) is -2.91. The van der Waals surface area contributed by atoms with E-state index >= 15 is 0 Å². The molecule has 0 spiro atoms. The van der Waals surface area contributed by atoms with Crippen LogP contribution in [0.1, 0.15) is 39.3 Å². The third-order valence-electron chi connectivity index (χ3n) is 4.21. The zero-order valence-electron chi connectivity index (χ0n) is 15.1. The van der Waals surface area contributed by atoms with Gasteiger partial charge in [0.25, 0.3) is 0 Å². The number of nitrogens with zero attached hydrogens (tertiary/aromatic N) is 2. The molecule has 1 aliphatic heterocycles. The number of rotatable bonds is 5. The molecule has 28 heavy (non-hydrogen) atoms. The van der Waals surface area contributed by atoms with Gasteiger partial charge in [0.1, 0.15) is 0 Å². The Morgan fingerprint density at radius 3 is 2.32 bits per heavy atom. The molecular weight excluding hydrogens is 411 g/mol. The lowest BCUT2D eigenvalue weighted by Crippen LogP contribution is -2.58. The van der Waals surface area contributed by atoms with Crippen LogP contribution in [0.15, 0.2) is 36.5 Å². The number of carbonyl (C=O) groups excluding carboxylic acids is 2. The maximum atomic E-state index is 12.6. The fourth-order valence-electron chi connectivity index (χ4n) is 2.96. The smallest absolute Gasteiger partial charge is 0.209 e. The van der Waals surface area contributed by atoms with Gasteiger partial charge in [0, 0.05) is 29.4 Å². The van der Waals surface area contributed by atoms with Crippen LogP contribution in [0.3, 0.4) is 0 Å². The van der Waals surface area contributed by atoms with Crippen molar-refractivity contribution in [3.05, 3.63) is 58.4 Å². The molecule has 1 aromatic heterocycles. The second-order valence-corrected chi connectivity index (χ2v) is 7.60. The number of carbonyl (C=O) groups is 2. The van der Waals surface area contributed by atoms with Crippen molar-refractivity contribution in [2.75, 3.05) is 19.6 Å². The van der Waals surface area contributed by atoms with Gasteiger partial charge in [-0.2, -0.15) is 14.0 Å².